The smallest absolute Gasteiger partial charge is 0.276 e. The predicted octanol–water partition coefficient (Wildman–Crippen LogP) is 2.62. The third-order valence-corrected chi connectivity index (χ3v) is 3.04. The van der Waals surface area contributed by atoms with Crippen LogP contribution < -0.4 is 5.73 Å². The number of benzene rings is 1. The molecule has 0 saturated carbocycles. The molecule has 0 aliphatic rings. The minimum absolute atomic E-state index is 0.132. The van der Waals surface area contributed by atoms with Gasteiger partial charge in [0, 0.05) is 24.8 Å². The number of aromatic nitrogens is 1. The van der Waals surface area contributed by atoms with Gasteiger partial charge in [0.25, 0.3) is 5.91 Å². The van der Waals surface area contributed by atoms with Crippen LogP contribution in [0.4, 0.5) is 5.69 Å². The lowest BCUT2D eigenvalue weighted by Crippen LogP contribution is -2.31. The Morgan fingerprint density at radius 3 is 2.75 bits per heavy atom. The van der Waals surface area contributed by atoms with E-state index in [4.69, 9.17) is 10.3 Å². The van der Waals surface area contributed by atoms with E-state index < -0.39 is 0 Å². The minimum Gasteiger partial charge on any atom is -0.398 e. The van der Waals surface area contributed by atoms with Gasteiger partial charge in [0.1, 0.15) is 5.76 Å². The van der Waals surface area contributed by atoms with Crippen molar-refractivity contribution in [3.63, 3.8) is 0 Å². The summed E-state index contributed by atoms with van der Waals surface area (Å²) in [5.41, 5.74) is 7.91. The van der Waals surface area contributed by atoms with Gasteiger partial charge >= 0.3 is 0 Å². The third kappa shape index (κ3) is 3.17. The van der Waals surface area contributed by atoms with E-state index in [1.165, 1.54) is 0 Å². The summed E-state index contributed by atoms with van der Waals surface area (Å²) < 4.78 is 4.97. The zero-order chi connectivity index (χ0) is 14.5. The van der Waals surface area contributed by atoms with E-state index in [2.05, 4.69) is 5.16 Å². The van der Waals surface area contributed by atoms with Crippen LogP contribution in [0.5, 0.6) is 0 Å². The number of nitrogen functional groups attached to an aromatic ring is 1. The van der Waals surface area contributed by atoms with Gasteiger partial charge in [0.15, 0.2) is 5.69 Å². The van der Waals surface area contributed by atoms with Crippen molar-refractivity contribution in [3.05, 3.63) is 47.3 Å². The van der Waals surface area contributed by atoms with Crippen LogP contribution in [0.25, 0.3) is 0 Å². The Labute approximate surface area is 118 Å². The summed E-state index contributed by atoms with van der Waals surface area (Å²) >= 11 is 0. The van der Waals surface area contributed by atoms with Crippen LogP contribution in [0.3, 0.4) is 0 Å². The van der Waals surface area contributed by atoms with E-state index >= 15 is 0 Å². The molecule has 0 spiro atoms. The molecule has 1 amide bonds. The van der Waals surface area contributed by atoms with Crippen LogP contribution in [-0.4, -0.2) is 22.5 Å². The Morgan fingerprint density at radius 1 is 1.40 bits per heavy atom. The lowest BCUT2D eigenvalue weighted by Gasteiger charge is -2.21. The molecule has 20 heavy (non-hydrogen) atoms. The van der Waals surface area contributed by atoms with Crippen molar-refractivity contribution >= 4 is 11.6 Å². The Hall–Kier alpha value is -2.30. The third-order valence-electron chi connectivity index (χ3n) is 3.04. The van der Waals surface area contributed by atoms with Gasteiger partial charge in [-0.05, 0) is 25.0 Å². The second kappa shape index (κ2) is 6.23. The maximum Gasteiger partial charge on any atom is 0.276 e. The maximum atomic E-state index is 12.4. The number of carbonyl (C=O) groups is 1. The number of carbonyl (C=O) groups excluding carboxylic acids is 1. The monoisotopic (exact) mass is 273 g/mol. The Morgan fingerprint density at radius 2 is 2.15 bits per heavy atom. The average molecular weight is 273 g/mol. The summed E-state index contributed by atoms with van der Waals surface area (Å²) in [6.07, 6.45) is 0.870. The number of hydrogen-bond donors (Lipinski definition) is 1. The summed E-state index contributed by atoms with van der Waals surface area (Å²) in [4.78, 5) is 14.2. The number of hydrogen-bond acceptors (Lipinski definition) is 4. The molecule has 0 bridgehead atoms. The molecule has 5 heteroatoms. The van der Waals surface area contributed by atoms with E-state index in [0.29, 0.717) is 30.2 Å². The summed E-state index contributed by atoms with van der Waals surface area (Å²) in [7, 11) is 0. The molecule has 5 nitrogen and oxygen atoms in total. The minimum atomic E-state index is -0.132. The van der Waals surface area contributed by atoms with Gasteiger partial charge in [-0.1, -0.05) is 30.3 Å². The number of nitrogens with zero attached hydrogens (tertiary/aromatic N) is 2. The van der Waals surface area contributed by atoms with Crippen molar-refractivity contribution in [3.8, 4) is 0 Å². The summed E-state index contributed by atoms with van der Waals surface area (Å²) in [6.45, 7) is 4.93. The second-order valence-corrected chi connectivity index (χ2v) is 4.75. The molecular formula is C15H19N3O2. The predicted molar refractivity (Wildman–Crippen MR) is 77.1 cm³/mol. The SMILES string of the molecule is CCCN(Cc1ccccc1N)C(=O)c1cc(C)on1. The average Bonchev–Trinajstić information content (AvgIpc) is 2.86. The molecule has 1 aromatic heterocycles. The normalized spacial score (nSPS) is 10.5. The van der Waals surface area contributed by atoms with Gasteiger partial charge < -0.3 is 15.2 Å². The molecule has 2 N–H and O–H groups in total. The molecule has 106 valence electrons. The van der Waals surface area contributed by atoms with E-state index in [1.54, 1.807) is 17.9 Å². The highest BCUT2D eigenvalue weighted by Crippen LogP contribution is 2.16. The zero-order valence-electron chi connectivity index (χ0n) is 11.8. The van der Waals surface area contributed by atoms with Gasteiger partial charge in [-0.2, -0.15) is 0 Å². The highest BCUT2D eigenvalue weighted by Gasteiger charge is 2.19. The van der Waals surface area contributed by atoms with Gasteiger partial charge in [-0.25, -0.2) is 0 Å². The van der Waals surface area contributed by atoms with E-state index in [0.717, 1.165) is 12.0 Å². The van der Waals surface area contributed by atoms with Crippen LogP contribution >= 0.6 is 0 Å². The number of nitrogens with two attached hydrogens (primary N) is 1. The van der Waals surface area contributed by atoms with Crippen LogP contribution in [0.1, 0.15) is 35.2 Å². The number of anilines is 1. The highest BCUT2D eigenvalue weighted by molar-refractivity contribution is 5.92. The lowest BCUT2D eigenvalue weighted by atomic mass is 10.1. The fourth-order valence-corrected chi connectivity index (χ4v) is 2.04. The van der Waals surface area contributed by atoms with Crippen molar-refractivity contribution in [2.24, 2.45) is 0 Å². The van der Waals surface area contributed by atoms with Crippen molar-refractivity contribution in [1.82, 2.24) is 10.1 Å². The van der Waals surface area contributed by atoms with Crippen LogP contribution in [-0.2, 0) is 6.54 Å². The second-order valence-electron chi connectivity index (χ2n) is 4.75. The van der Waals surface area contributed by atoms with E-state index in [1.807, 2.05) is 31.2 Å². The quantitative estimate of drug-likeness (QED) is 0.850. The first-order valence-corrected chi connectivity index (χ1v) is 6.67. The first kappa shape index (κ1) is 14.1. The Bertz CT molecular complexity index is 592. The van der Waals surface area contributed by atoms with Crippen molar-refractivity contribution < 1.29 is 9.32 Å². The maximum absolute atomic E-state index is 12.4. The molecule has 2 aromatic rings. The van der Waals surface area contributed by atoms with Crippen LogP contribution in [0, 0.1) is 6.92 Å². The molecule has 0 unspecified atom stereocenters. The molecule has 0 radical (unpaired) electrons. The van der Waals surface area contributed by atoms with Gasteiger partial charge in [-0.15, -0.1) is 0 Å². The fourth-order valence-electron chi connectivity index (χ4n) is 2.04. The van der Waals surface area contributed by atoms with Gasteiger partial charge in [-0.3, -0.25) is 4.79 Å². The van der Waals surface area contributed by atoms with Crippen LogP contribution in [0.15, 0.2) is 34.9 Å². The Balaban J connectivity index is 2.19. The van der Waals surface area contributed by atoms with Crippen molar-refractivity contribution in [2.75, 3.05) is 12.3 Å². The standard InChI is InChI=1S/C15H19N3O2/c1-3-8-18(10-12-6-4-5-7-13(12)16)15(19)14-9-11(2)20-17-14/h4-7,9H,3,8,10,16H2,1-2H3. The molecule has 2 rings (SSSR count). The van der Waals surface area contributed by atoms with Crippen LogP contribution in [0.2, 0.25) is 0 Å². The summed E-state index contributed by atoms with van der Waals surface area (Å²) in [6, 6.07) is 9.22. The van der Waals surface area contributed by atoms with E-state index in [9.17, 15) is 4.79 Å². The molecule has 0 atom stereocenters. The molecular weight excluding hydrogens is 254 g/mol. The number of amides is 1. The molecule has 0 aliphatic carbocycles. The van der Waals surface area contributed by atoms with Gasteiger partial charge in [0.2, 0.25) is 0 Å². The number of para-hydroxylation sites is 1. The first-order valence-electron chi connectivity index (χ1n) is 6.67. The topological polar surface area (TPSA) is 72.4 Å². The highest BCUT2D eigenvalue weighted by atomic mass is 16.5. The lowest BCUT2D eigenvalue weighted by molar-refractivity contribution is 0.0733. The molecule has 0 saturated heterocycles. The Kier molecular flexibility index (Phi) is 4.40. The molecule has 1 heterocycles. The first-order chi connectivity index (χ1) is 9.61. The molecule has 1 aromatic carbocycles. The van der Waals surface area contributed by atoms with Crippen molar-refractivity contribution in [2.45, 2.75) is 26.8 Å². The largest absolute Gasteiger partial charge is 0.398 e. The summed E-state index contributed by atoms with van der Waals surface area (Å²) in [5, 5.41) is 3.79. The number of rotatable bonds is 5. The van der Waals surface area contributed by atoms with Gasteiger partial charge in [0.05, 0.1) is 0 Å². The molecule has 0 fully saturated rings. The zero-order valence-corrected chi connectivity index (χ0v) is 11.8. The fraction of sp³-hybridized carbons (Fsp3) is 0.333. The van der Waals surface area contributed by atoms with Crippen molar-refractivity contribution in [1.29, 1.82) is 0 Å². The molecule has 0 aliphatic heterocycles. The van der Waals surface area contributed by atoms with E-state index in [-0.39, 0.29) is 5.91 Å². The summed E-state index contributed by atoms with van der Waals surface area (Å²) in [5.74, 6) is 0.496. The number of aryl methyl sites for hydroxylation is 1.